The SMILES string of the molecule is COc1ccc(CC2[C@H](O)CCN2O)cc1. The minimum absolute atomic E-state index is 0.187. The van der Waals surface area contributed by atoms with Gasteiger partial charge in [-0.2, -0.15) is 5.06 Å². The largest absolute Gasteiger partial charge is 0.497 e. The molecule has 0 aromatic heterocycles. The lowest BCUT2D eigenvalue weighted by molar-refractivity contribution is -0.115. The van der Waals surface area contributed by atoms with Gasteiger partial charge in [-0.05, 0) is 30.5 Å². The van der Waals surface area contributed by atoms with Crippen LogP contribution in [0.2, 0.25) is 0 Å². The molecular formula is C12H17NO3. The van der Waals surface area contributed by atoms with Crippen LogP contribution in [0.15, 0.2) is 24.3 Å². The van der Waals surface area contributed by atoms with E-state index in [9.17, 15) is 10.3 Å². The standard InChI is InChI=1S/C12H17NO3/c1-16-10-4-2-9(3-5-10)8-11-12(14)6-7-13(11)15/h2-5,11-12,14-15H,6-8H2,1H3/t11?,12-/m1/s1. The molecule has 1 fully saturated rings. The first-order valence-corrected chi connectivity index (χ1v) is 5.47. The topological polar surface area (TPSA) is 52.9 Å². The summed E-state index contributed by atoms with van der Waals surface area (Å²) in [5.74, 6) is 0.816. The molecule has 1 aromatic carbocycles. The quantitative estimate of drug-likeness (QED) is 0.804. The molecule has 1 unspecified atom stereocenters. The molecular weight excluding hydrogens is 206 g/mol. The maximum absolute atomic E-state index is 9.70. The Morgan fingerprint density at radius 1 is 1.38 bits per heavy atom. The Morgan fingerprint density at radius 3 is 2.56 bits per heavy atom. The van der Waals surface area contributed by atoms with Gasteiger partial charge in [0.15, 0.2) is 0 Å². The van der Waals surface area contributed by atoms with Crippen LogP contribution < -0.4 is 4.74 Å². The van der Waals surface area contributed by atoms with Gasteiger partial charge in [0, 0.05) is 6.54 Å². The highest BCUT2D eigenvalue weighted by atomic mass is 16.5. The number of aliphatic hydroxyl groups excluding tert-OH is 1. The van der Waals surface area contributed by atoms with E-state index in [0.717, 1.165) is 11.3 Å². The van der Waals surface area contributed by atoms with Crippen molar-refractivity contribution in [1.29, 1.82) is 0 Å². The fourth-order valence-electron chi connectivity index (χ4n) is 2.07. The summed E-state index contributed by atoms with van der Waals surface area (Å²) in [6, 6.07) is 7.50. The summed E-state index contributed by atoms with van der Waals surface area (Å²) in [5.41, 5.74) is 1.09. The van der Waals surface area contributed by atoms with Crippen LogP contribution in [0.4, 0.5) is 0 Å². The number of ether oxygens (including phenoxy) is 1. The normalized spacial score (nSPS) is 25.9. The molecule has 4 heteroatoms. The third-order valence-electron chi connectivity index (χ3n) is 3.08. The van der Waals surface area contributed by atoms with Crippen LogP contribution in [0.5, 0.6) is 5.75 Å². The van der Waals surface area contributed by atoms with E-state index in [2.05, 4.69) is 0 Å². The van der Waals surface area contributed by atoms with Gasteiger partial charge in [-0.15, -0.1) is 0 Å². The Bertz CT molecular complexity index is 329. The van der Waals surface area contributed by atoms with Gasteiger partial charge < -0.3 is 15.1 Å². The number of methoxy groups -OCH3 is 1. The third-order valence-corrected chi connectivity index (χ3v) is 3.08. The van der Waals surface area contributed by atoms with Crippen molar-refractivity contribution >= 4 is 0 Å². The minimum Gasteiger partial charge on any atom is -0.497 e. The maximum Gasteiger partial charge on any atom is 0.118 e. The van der Waals surface area contributed by atoms with Crippen LogP contribution >= 0.6 is 0 Å². The number of hydrogen-bond donors (Lipinski definition) is 2. The lowest BCUT2D eigenvalue weighted by atomic mass is 10.0. The number of rotatable bonds is 3. The molecule has 4 nitrogen and oxygen atoms in total. The second kappa shape index (κ2) is 4.82. The number of benzene rings is 1. The van der Waals surface area contributed by atoms with Crippen molar-refractivity contribution in [3.63, 3.8) is 0 Å². The predicted molar refractivity (Wildman–Crippen MR) is 59.6 cm³/mol. The van der Waals surface area contributed by atoms with Crippen molar-refractivity contribution in [3.05, 3.63) is 29.8 Å². The van der Waals surface area contributed by atoms with Gasteiger partial charge in [-0.1, -0.05) is 12.1 Å². The Morgan fingerprint density at radius 2 is 2.06 bits per heavy atom. The second-order valence-electron chi connectivity index (χ2n) is 4.14. The zero-order valence-corrected chi connectivity index (χ0v) is 9.34. The van der Waals surface area contributed by atoms with Gasteiger partial charge in [0.05, 0.1) is 19.3 Å². The van der Waals surface area contributed by atoms with Gasteiger partial charge in [0.25, 0.3) is 0 Å². The monoisotopic (exact) mass is 223 g/mol. The highest BCUT2D eigenvalue weighted by Crippen LogP contribution is 2.21. The van der Waals surface area contributed by atoms with Crippen LogP contribution in [0.1, 0.15) is 12.0 Å². The lowest BCUT2D eigenvalue weighted by Crippen LogP contribution is -2.34. The maximum atomic E-state index is 9.70. The van der Waals surface area contributed by atoms with Gasteiger partial charge in [0.2, 0.25) is 0 Å². The van der Waals surface area contributed by atoms with E-state index in [1.54, 1.807) is 7.11 Å². The fraction of sp³-hybridized carbons (Fsp3) is 0.500. The summed E-state index contributed by atoms with van der Waals surface area (Å²) >= 11 is 0. The molecule has 2 N–H and O–H groups in total. The van der Waals surface area contributed by atoms with Crippen LogP contribution in [0.25, 0.3) is 0 Å². The first kappa shape index (κ1) is 11.4. The van der Waals surface area contributed by atoms with Gasteiger partial charge in [0.1, 0.15) is 5.75 Å². The van der Waals surface area contributed by atoms with Crippen molar-refractivity contribution in [3.8, 4) is 5.75 Å². The second-order valence-corrected chi connectivity index (χ2v) is 4.14. The molecule has 1 saturated heterocycles. The van der Waals surface area contributed by atoms with Crippen molar-refractivity contribution < 1.29 is 15.1 Å². The van der Waals surface area contributed by atoms with E-state index in [1.807, 2.05) is 24.3 Å². The first-order chi connectivity index (χ1) is 7.70. The highest BCUT2D eigenvalue weighted by molar-refractivity contribution is 5.27. The number of hydroxylamine groups is 2. The van der Waals surface area contributed by atoms with E-state index in [4.69, 9.17) is 4.74 Å². The predicted octanol–water partition coefficient (Wildman–Crippen LogP) is 1.06. The van der Waals surface area contributed by atoms with Crippen LogP contribution in [-0.4, -0.2) is 41.2 Å². The van der Waals surface area contributed by atoms with E-state index >= 15 is 0 Å². The zero-order chi connectivity index (χ0) is 11.5. The molecule has 0 radical (unpaired) electrons. The van der Waals surface area contributed by atoms with Gasteiger partial charge in [-0.25, -0.2) is 0 Å². The molecule has 0 aliphatic carbocycles. The van der Waals surface area contributed by atoms with Gasteiger partial charge >= 0.3 is 0 Å². The van der Waals surface area contributed by atoms with E-state index in [-0.39, 0.29) is 6.04 Å². The number of hydrogen-bond acceptors (Lipinski definition) is 4. The Hall–Kier alpha value is -1.10. The molecule has 1 aromatic rings. The summed E-state index contributed by atoms with van der Waals surface area (Å²) in [7, 11) is 1.63. The number of nitrogens with zero attached hydrogens (tertiary/aromatic N) is 1. The molecule has 88 valence electrons. The molecule has 2 rings (SSSR count). The smallest absolute Gasteiger partial charge is 0.118 e. The molecule has 1 aliphatic rings. The average Bonchev–Trinajstić information content (AvgIpc) is 2.62. The van der Waals surface area contributed by atoms with E-state index in [1.165, 1.54) is 5.06 Å². The van der Waals surface area contributed by atoms with Crippen molar-refractivity contribution in [2.45, 2.75) is 25.0 Å². The van der Waals surface area contributed by atoms with Crippen molar-refractivity contribution in [1.82, 2.24) is 5.06 Å². The van der Waals surface area contributed by atoms with E-state index in [0.29, 0.717) is 19.4 Å². The average molecular weight is 223 g/mol. The van der Waals surface area contributed by atoms with E-state index < -0.39 is 6.10 Å². The van der Waals surface area contributed by atoms with Crippen LogP contribution in [0, 0.1) is 0 Å². The molecule has 0 spiro atoms. The molecule has 0 bridgehead atoms. The highest BCUT2D eigenvalue weighted by Gasteiger charge is 2.31. The summed E-state index contributed by atoms with van der Waals surface area (Å²) in [5, 5.41) is 20.5. The summed E-state index contributed by atoms with van der Waals surface area (Å²) in [4.78, 5) is 0. The van der Waals surface area contributed by atoms with Gasteiger partial charge in [-0.3, -0.25) is 0 Å². The zero-order valence-electron chi connectivity index (χ0n) is 9.34. The molecule has 2 atom stereocenters. The third kappa shape index (κ3) is 2.35. The van der Waals surface area contributed by atoms with Crippen molar-refractivity contribution in [2.75, 3.05) is 13.7 Å². The first-order valence-electron chi connectivity index (χ1n) is 5.47. The molecule has 1 aliphatic heterocycles. The fourth-order valence-corrected chi connectivity index (χ4v) is 2.07. The van der Waals surface area contributed by atoms with Crippen LogP contribution in [0.3, 0.4) is 0 Å². The minimum atomic E-state index is -0.438. The Labute approximate surface area is 95.0 Å². The summed E-state index contributed by atoms with van der Waals surface area (Å²) in [6.45, 7) is 0.544. The summed E-state index contributed by atoms with van der Waals surface area (Å²) in [6.07, 6.45) is 0.853. The van der Waals surface area contributed by atoms with Crippen LogP contribution in [-0.2, 0) is 6.42 Å². The molecule has 0 amide bonds. The summed E-state index contributed by atoms with van der Waals surface area (Å²) < 4.78 is 5.07. The molecule has 0 saturated carbocycles. The van der Waals surface area contributed by atoms with Crippen molar-refractivity contribution in [2.24, 2.45) is 0 Å². The number of aliphatic hydroxyl groups is 1. The molecule has 16 heavy (non-hydrogen) atoms. The Kier molecular flexibility index (Phi) is 3.43. The molecule has 1 heterocycles. The Balaban J connectivity index is 2.02. The lowest BCUT2D eigenvalue weighted by Gasteiger charge is -2.20.